The van der Waals surface area contributed by atoms with Crippen LogP contribution in [0.15, 0.2) is 48.8 Å². The van der Waals surface area contributed by atoms with E-state index in [0.717, 1.165) is 61.2 Å². The van der Waals surface area contributed by atoms with Crippen molar-refractivity contribution < 1.29 is 14.6 Å². The number of carbonyl (C=O) groups is 1. The molecule has 194 valence electrons. The minimum absolute atomic E-state index is 0.00867. The Bertz CT molecular complexity index is 1300. The first-order valence-corrected chi connectivity index (χ1v) is 13.4. The zero-order valence-corrected chi connectivity index (χ0v) is 21.7. The van der Waals surface area contributed by atoms with Gasteiger partial charge in [-0.1, -0.05) is 17.7 Å². The van der Waals surface area contributed by atoms with Crippen LogP contribution in [0.2, 0.25) is 5.02 Å². The molecule has 2 aliphatic heterocycles. The molecule has 4 heterocycles. The maximum Gasteiger partial charge on any atom is 0.229 e. The summed E-state index contributed by atoms with van der Waals surface area (Å²) in [7, 11) is 0. The summed E-state index contributed by atoms with van der Waals surface area (Å²) in [6.45, 7) is 6.27. The van der Waals surface area contributed by atoms with Crippen LogP contribution >= 0.6 is 11.6 Å². The van der Waals surface area contributed by atoms with Gasteiger partial charge in [0.2, 0.25) is 5.91 Å². The molecule has 0 bridgehead atoms. The molecule has 4 atom stereocenters. The molecular formula is C28H32ClN5O3. The van der Waals surface area contributed by atoms with Gasteiger partial charge >= 0.3 is 0 Å². The lowest BCUT2D eigenvalue weighted by molar-refractivity contribution is -0.123. The Balaban J connectivity index is 1.16. The van der Waals surface area contributed by atoms with Crippen LogP contribution in [0.25, 0.3) is 10.8 Å². The normalized spacial score (nSPS) is 28.3. The van der Waals surface area contributed by atoms with E-state index in [2.05, 4.69) is 38.1 Å². The molecule has 1 amide bonds. The first-order valence-electron chi connectivity index (χ1n) is 13.0. The predicted octanol–water partition coefficient (Wildman–Crippen LogP) is 3.69. The molecule has 0 unspecified atom stereocenters. The number of piperazine rings is 1. The Kier molecular flexibility index (Phi) is 6.52. The largest absolute Gasteiger partial charge is 0.389 e. The third-order valence-electron chi connectivity index (χ3n) is 8.45. The molecule has 2 N–H and O–H groups in total. The van der Waals surface area contributed by atoms with Gasteiger partial charge in [-0.05, 0) is 55.5 Å². The number of carbonyl (C=O) groups excluding carboxylic acids is 1. The Morgan fingerprint density at radius 1 is 1.14 bits per heavy atom. The van der Waals surface area contributed by atoms with Gasteiger partial charge in [0.05, 0.1) is 35.6 Å². The summed E-state index contributed by atoms with van der Waals surface area (Å²) in [5.74, 6) is 0.607. The van der Waals surface area contributed by atoms with Crippen LogP contribution < -0.4 is 10.2 Å². The second-order valence-corrected chi connectivity index (χ2v) is 11.0. The Labute approximate surface area is 221 Å². The summed E-state index contributed by atoms with van der Waals surface area (Å²) in [6.07, 6.45) is 4.90. The SMILES string of the molecule is C[C@@]1(N2CCN(c3cc4cc(NC(=O)[C@@H]5CC[C@H]5c5ccccn5)ncc4cc3Cl)CC2)COC[C@@H]1O. The van der Waals surface area contributed by atoms with Crippen molar-refractivity contribution in [1.82, 2.24) is 14.9 Å². The van der Waals surface area contributed by atoms with E-state index in [4.69, 9.17) is 16.3 Å². The monoisotopic (exact) mass is 521 g/mol. The fourth-order valence-corrected chi connectivity index (χ4v) is 6.15. The van der Waals surface area contributed by atoms with Gasteiger partial charge in [-0.2, -0.15) is 0 Å². The zero-order chi connectivity index (χ0) is 25.6. The number of pyridine rings is 2. The average Bonchev–Trinajstić information content (AvgIpc) is 3.23. The van der Waals surface area contributed by atoms with Crippen molar-refractivity contribution >= 4 is 39.8 Å². The highest BCUT2D eigenvalue weighted by molar-refractivity contribution is 6.34. The van der Waals surface area contributed by atoms with Gasteiger partial charge in [-0.15, -0.1) is 0 Å². The highest BCUT2D eigenvalue weighted by Crippen LogP contribution is 2.42. The minimum Gasteiger partial charge on any atom is -0.389 e. The number of anilines is 2. The molecule has 9 heteroatoms. The first-order chi connectivity index (χ1) is 17.9. The predicted molar refractivity (Wildman–Crippen MR) is 144 cm³/mol. The number of aromatic nitrogens is 2. The molecule has 0 spiro atoms. The number of fused-ring (bicyclic) bond motifs is 1. The van der Waals surface area contributed by atoms with Crippen molar-refractivity contribution in [2.24, 2.45) is 5.92 Å². The number of rotatable bonds is 5. The van der Waals surface area contributed by atoms with Crippen molar-refractivity contribution in [2.45, 2.75) is 37.3 Å². The van der Waals surface area contributed by atoms with Gasteiger partial charge in [0.25, 0.3) is 0 Å². The quantitative estimate of drug-likeness (QED) is 0.529. The van der Waals surface area contributed by atoms with Crippen molar-refractivity contribution in [2.75, 3.05) is 49.6 Å². The fraction of sp³-hybridized carbons (Fsp3) is 0.464. The van der Waals surface area contributed by atoms with E-state index in [1.165, 1.54) is 0 Å². The van der Waals surface area contributed by atoms with Gasteiger partial charge in [0.15, 0.2) is 0 Å². The molecular weight excluding hydrogens is 490 g/mol. The average molecular weight is 522 g/mol. The summed E-state index contributed by atoms with van der Waals surface area (Å²) < 4.78 is 5.53. The van der Waals surface area contributed by atoms with Crippen molar-refractivity contribution in [3.8, 4) is 0 Å². The third kappa shape index (κ3) is 4.56. The van der Waals surface area contributed by atoms with Crippen LogP contribution in [0, 0.1) is 5.92 Å². The third-order valence-corrected chi connectivity index (χ3v) is 8.75. The number of aliphatic hydroxyl groups excluding tert-OH is 1. The summed E-state index contributed by atoms with van der Waals surface area (Å²) >= 11 is 6.70. The second kappa shape index (κ2) is 9.83. The number of ether oxygens (including phenoxy) is 1. The number of hydrogen-bond donors (Lipinski definition) is 2. The second-order valence-electron chi connectivity index (χ2n) is 10.6. The van der Waals surface area contributed by atoms with Gasteiger partial charge in [-0.25, -0.2) is 4.98 Å². The number of nitrogens with zero attached hydrogens (tertiary/aromatic N) is 4. The number of aliphatic hydroxyl groups is 1. The molecule has 2 saturated heterocycles. The van der Waals surface area contributed by atoms with E-state index < -0.39 is 6.10 Å². The molecule has 37 heavy (non-hydrogen) atoms. The number of halogens is 1. The minimum atomic E-state index is -0.469. The van der Waals surface area contributed by atoms with Gasteiger partial charge in [0.1, 0.15) is 5.82 Å². The lowest BCUT2D eigenvalue weighted by atomic mass is 9.71. The summed E-state index contributed by atoms with van der Waals surface area (Å²) in [4.78, 5) is 26.6. The molecule has 8 nitrogen and oxygen atoms in total. The number of amides is 1. The topological polar surface area (TPSA) is 90.8 Å². The van der Waals surface area contributed by atoms with Crippen LogP contribution in [0.1, 0.15) is 31.4 Å². The van der Waals surface area contributed by atoms with E-state index in [9.17, 15) is 9.90 Å². The van der Waals surface area contributed by atoms with Crippen molar-refractivity contribution in [3.63, 3.8) is 0 Å². The first kappa shape index (κ1) is 24.6. The standard InChI is InChI=1S/C28H32ClN5O3/c1-28(17-37-16-25(28)35)34-10-8-33(9-11-34)24-13-18-14-26(31-15-19(18)12-22(24)29)32-27(36)21-6-5-20(21)23-4-2-3-7-30-23/h2-4,7,12-15,20-21,25,35H,5-6,8-11,16-17H2,1H3,(H,31,32,36)/t20-,21-,25+,28-/m1/s1. The lowest BCUT2D eigenvalue weighted by Crippen LogP contribution is -2.60. The summed E-state index contributed by atoms with van der Waals surface area (Å²) in [5.41, 5.74) is 1.61. The molecule has 1 aliphatic carbocycles. The van der Waals surface area contributed by atoms with Crippen molar-refractivity contribution in [3.05, 3.63) is 59.5 Å². The van der Waals surface area contributed by atoms with Crippen molar-refractivity contribution in [1.29, 1.82) is 0 Å². The molecule has 3 aliphatic rings. The van der Waals surface area contributed by atoms with E-state index in [1.807, 2.05) is 30.3 Å². The van der Waals surface area contributed by atoms with Crippen LogP contribution in [0.3, 0.4) is 0 Å². The highest BCUT2D eigenvalue weighted by Gasteiger charge is 2.44. The summed E-state index contributed by atoms with van der Waals surface area (Å²) in [5, 5.41) is 16.0. The maximum absolute atomic E-state index is 13.0. The fourth-order valence-electron chi connectivity index (χ4n) is 5.86. The molecule has 0 radical (unpaired) electrons. The smallest absolute Gasteiger partial charge is 0.229 e. The Hall–Kier alpha value is -2.78. The number of hydrogen-bond acceptors (Lipinski definition) is 7. The molecule has 1 aromatic carbocycles. The van der Waals surface area contributed by atoms with Crippen LogP contribution in [0.4, 0.5) is 11.5 Å². The molecule has 3 aromatic rings. The Morgan fingerprint density at radius 2 is 1.97 bits per heavy atom. The van der Waals surface area contributed by atoms with E-state index in [-0.39, 0.29) is 23.3 Å². The zero-order valence-electron chi connectivity index (χ0n) is 20.9. The van der Waals surface area contributed by atoms with Gasteiger partial charge in [0, 0.05) is 61.5 Å². The highest BCUT2D eigenvalue weighted by atomic mass is 35.5. The molecule has 2 aromatic heterocycles. The molecule has 6 rings (SSSR count). The van der Waals surface area contributed by atoms with E-state index >= 15 is 0 Å². The number of nitrogens with one attached hydrogen (secondary N) is 1. The maximum atomic E-state index is 13.0. The Morgan fingerprint density at radius 3 is 2.65 bits per heavy atom. The van der Waals surface area contributed by atoms with Crippen LogP contribution in [-0.2, 0) is 9.53 Å². The van der Waals surface area contributed by atoms with Gasteiger partial charge < -0.3 is 20.1 Å². The lowest BCUT2D eigenvalue weighted by Gasteiger charge is -2.45. The van der Waals surface area contributed by atoms with Crippen LogP contribution in [0.5, 0.6) is 0 Å². The molecule has 1 saturated carbocycles. The van der Waals surface area contributed by atoms with Crippen LogP contribution in [-0.4, -0.2) is 76.9 Å². The summed E-state index contributed by atoms with van der Waals surface area (Å²) in [6, 6.07) is 11.8. The van der Waals surface area contributed by atoms with E-state index in [0.29, 0.717) is 24.1 Å². The van der Waals surface area contributed by atoms with Gasteiger partial charge in [-0.3, -0.25) is 14.7 Å². The number of benzene rings is 1. The van der Waals surface area contributed by atoms with E-state index in [1.54, 1.807) is 12.4 Å². The molecule has 3 fully saturated rings.